The van der Waals surface area contributed by atoms with Crippen molar-refractivity contribution in [2.75, 3.05) is 4.90 Å². The van der Waals surface area contributed by atoms with Crippen molar-refractivity contribution in [1.29, 1.82) is 0 Å². The van der Waals surface area contributed by atoms with E-state index in [-0.39, 0.29) is 23.7 Å². The maximum Gasteiger partial charge on any atom is 0.238 e. The fourth-order valence-corrected chi connectivity index (χ4v) is 3.62. The predicted octanol–water partition coefficient (Wildman–Crippen LogP) is 5.12. The molecule has 0 saturated carbocycles. The number of azo groups is 1. The van der Waals surface area contributed by atoms with Gasteiger partial charge >= 0.3 is 0 Å². The van der Waals surface area contributed by atoms with Crippen molar-refractivity contribution in [2.24, 2.45) is 22.1 Å². The van der Waals surface area contributed by atoms with Crippen molar-refractivity contribution in [3.63, 3.8) is 0 Å². The second kappa shape index (κ2) is 6.84. The number of nitrogens with zero attached hydrogens (tertiary/aromatic N) is 3. The van der Waals surface area contributed by atoms with Crippen molar-refractivity contribution in [3.8, 4) is 0 Å². The van der Waals surface area contributed by atoms with Gasteiger partial charge in [0.25, 0.3) is 0 Å². The van der Waals surface area contributed by atoms with Gasteiger partial charge in [0.2, 0.25) is 11.8 Å². The van der Waals surface area contributed by atoms with Crippen LogP contribution >= 0.6 is 11.6 Å². The van der Waals surface area contributed by atoms with E-state index in [1.807, 2.05) is 36.4 Å². The summed E-state index contributed by atoms with van der Waals surface area (Å²) in [5.74, 6) is -0.983. The summed E-state index contributed by atoms with van der Waals surface area (Å²) in [4.78, 5) is 26.6. The summed E-state index contributed by atoms with van der Waals surface area (Å²) >= 11 is 6.05. The third-order valence-electron chi connectivity index (χ3n) is 4.71. The Labute approximate surface area is 156 Å². The lowest BCUT2D eigenvalue weighted by Crippen LogP contribution is -2.30. The van der Waals surface area contributed by atoms with E-state index < -0.39 is 0 Å². The number of allylic oxidation sites excluding steroid dienone is 2. The Morgan fingerprint density at radius 2 is 1.46 bits per heavy atom. The molecule has 2 atom stereocenters. The fourth-order valence-electron chi connectivity index (χ4n) is 3.36. The third-order valence-corrected chi connectivity index (χ3v) is 5.02. The highest BCUT2D eigenvalue weighted by atomic mass is 35.5. The van der Waals surface area contributed by atoms with Crippen LogP contribution in [-0.4, -0.2) is 11.8 Å². The molecule has 26 heavy (non-hydrogen) atoms. The van der Waals surface area contributed by atoms with Gasteiger partial charge in [-0.15, -0.1) is 0 Å². The Balaban J connectivity index is 1.53. The standard InChI is InChI=1S/C20H16ClN3O2/c21-13-6-11-17-18(12-13)20(26)24(19(17)25)16-9-7-15(8-10-16)23-22-14-4-2-1-3-5-14/h1-10,17-18H,11-12H2/t17-,18+/m0/s1. The molecule has 1 fully saturated rings. The largest absolute Gasteiger partial charge is 0.274 e. The summed E-state index contributed by atoms with van der Waals surface area (Å²) in [5.41, 5.74) is 1.97. The fraction of sp³-hybridized carbons (Fsp3) is 0.200. The van der Waals surface area contributed by atoms with Crippen LogP contribution in [0.5, 0.6) is 0 Å². The molecule has 6 heteroatoms. The normalized spacial score (nSPS) is 22.7. The Morgan fingerprint density at radius 3 is 2.15 bits per heavy atom. The molecule has 4 rings (SSSR count). The van der Waals surface area contributed by atoms with Gasteiger partial charge < -0.3 is 0 Å². The van der Waals surface area contributed by atoms with Gasteiger partial charge in [-0.25, -0.2) is 0 Å². The maximum atomic E-state index is 12.7. The number of fused-ring (bicyclic) bond motifs is 1. The van der Waals surface area contributed by atoms with Gasteiger partial charge in [-0.05, 0) is 49.2 Å². The van der Waals surface area contributed by atoms with Gasteiger partial charge in [-0.2, -0.15) is 10.2 Å². The minimum Gasteiger partial charge on any atom is -0.274 e. The third kappa shape index (κ3) is 3.06. The average Bonchev–Trinajstić information content (AvgIpc) is 2.91. The zero-order valence-electron chi connectivity index (χ0n) is 13.9. The van der Waals surface area contributed by atoms with Crippen LogP contribution in [0.3, 0.4) is 0 Å². The van der Waals surface area contributed by atoms with Gasteiger partial charge in [0.1, 0.15) is 0 Å². The van der Waals surface area contributed by atoms with Crippen molar-refractivity contribution in [1.82, 2.24) is 0 Å². The Bertz CT molecular complexity index is 906. The predicted molar refractivity (Wildman–Crippen MR) is 99.7 cm³/mol. The zero-order chi connectivity index (χ0) is 18.1. The second-order valence-corrected chi connectivity index (χ2v) is 6.85. The van der Waals surface area contributed by atoms with Crippen molar-refractivity contribution in [3.05, 3.63) is 65.7 Å². The molecular weight excluding hydrogens is 350 g/mol. The Morgan fingerprint density at radius 1 is 0.846 bits per heavy atom. The molecule has 2 aromatic carbocycles. The van der Waals surface area contributed by atoms with Gasteiger partial charge in [0, 0.05) is 5.03 Å². The number of hydrogen-bond acceptors (Lipinski definition) is 4. The molecule has 1 saturated heterocycles. The number of carbonyl (C=O) groups is 2. The van der Waals surface area contributed by atoms with Crippen LogP contribution in [0.4, 0.5) is 17.1 Å². The number of carbonyl (C=O) groups excluding carboxylic acids is 2. The van der Waals surface area contributed by atoms with Gasteiger partial charge in [-0.3, -0.25) is 14.5 Å². The first-order valence-corrected chi connectivity index (χ1v) is 8.80. The van der Waals surface area contributed by atoms with E-state index in [0.717, 1.165) is 5.69 Å². The van der Waals surface area contributed by atoms with Crippen LogP contribution in [0, 0.1) is 11.8 Å². The molecule has 0 bridgehead atoms. The molecule has 1 aliphatic carbocycles. The smallest absolute Gasteiger partial charge is 0.238 e. The van der Waals surface area contributed by atoms with E-state index >= 15 is 0 Å². The summed E-state index contributed by atoms with van der Waals surface area (Å²) in [6.07, 6.45) is 2.80. The molecule has 5 nitrogen and oxygen atoms in total. The highest BCUT2D eigenvalue weighted by Gasteiger charge is 2.48. The van der Waals surface area contributed by atoms with E-state index in [1.165, 1.54) is 4.90 Å². The van der Waals surface area contributed by atoms with E-state index in [9.17, 15) is 9.59 Å². The molecule has 1 heterocycles. The minimum absolute atomic E-state index is 0.154. The number of halogens is 1. The molecular formula is C20H16ClN3O2. The molecule has 130 valence electrons. The summed E-state index contributed by atoms with van der Waals surface area (Å²) in [5, 5.41) is 8.99. The van der Waals surface area contributed by atoms with Crippen LogP contribution in [0.2, 0.25) is 0 Å². The highest BCUT2D eigenvalue weighted by molar-refractivity contribution is 6.30. The molecule has 0 radical (unpaired) electrons. The number of imide groups is 1. The zero-order valence-corrected chi connectivity index (χ0v) is 14.6. The maximum absolute atomic E-state index is 12.7. The summed E-state index contributed by atoms with van der Waals surface area (Å²) < 4.78 is 0. The molecule has 2 aromatic rings. The number of anilines is 1. The van der Waals surface area contributed by atoms with E-state index in [0.29, 0.717) is 29.2 Å². The molecule has 0 spiro atoms. The van der Waals surface area contributed by atoms with Gasteiger partial charge in [0.15, 0.2) is 0 Å². The monoisotopic (exact) mass is 365 g/mol. The van der Waals surface area contributed by atoms with Crippen LogP contribution < -0.4 is 4.90 Å². The first-order valence-electron chi connectivity index (χ1n) is 8.42. The average molecular weight is 366 g/mol. The number of amides is 2. The highest BCUT2D eigenvalue weighted by Crippen LogP contribution is 2.40. The van der Waals surface area contributed by atoms with Crippen LogP contribution in [0.25, 0.3) is 0 Å². The lowest BCUT2D eigenvalue weighted by atomic mass is 9.85. The lowest BCUT2D eigenvalue weighted by Gasteiger charge is -2.17. The molecule has 0 N–H and O–H groups in total. The summed E-state index contributed by atoms with van der Waals surface area (Å²) in [6, 6.07) is 16.4. The van der Waals surface area contributed by atoms with E-state index in [2.05, 4.69) is 10.2 Å². The first kappa shape index (κ1) is 16.7. The lowest BCUT2D eigenvalue weighted by molar-refractivity contribution is -0.122. The van der Waals surface area contributed by atoms with Gasteiger partial charge in [0.05, 0.1) is 28.9 Å². The first-order chi connectivity index (χ1) is 12.6. The van der Waals surface area contributed by atoms with Gasteiger partial charge in [-0.1, -0.05) is 35.9 Å². The van der Waals surface area contributed by atoms with E-state index in [1.54, 1.807) is 24.3 Å². The molecule has 0 unspecified atom stereocenters. The quantitative estimate of drug-likeness (QED) is 0.559. The molecule has 2 aliphatic rings. The van der Waals surface area contributed by atoms with Crippen LogP contribution in [-0.2, 0) is 9.59 Å². The second-order valence-electron chi connectivity index (χ2n) is 6.37. The molecule has 2 amide bonds. The Kier molecular flexibility index (Phi) is 4.39. The topological polar surface area (TPSA) is 62.1 Å². The Hall–Kier alpha value is -2.79. The van der Waals surface area contributed by atoms with Crippen LogP contribution in [0.1, 0.15) is 12.8 Å². The van der Waals surface area contributed by atoms with Crippen molar-refractivity contribution >= 4 is 40.5 Å². The summed E-state index contributed by atoms with van der Waals surface area (Å²) in [6.45, 7) is 0. The number of hydrogen-bond donors (Lipinski definition) is 0. The minimum atomic E-state index is -0.350. The number of benzene rings is 2. The van der Waals surface area contributed by atoms with Crippen LogP contribution in [0.15, 0.2) is 75.9 Å². The van der Waals surface area contributed by atoms with Crippen molar-refractivity contribution < 1.29 is 9.59 Å². The summed E-state index contributed by atoms with van der Waals surface area (Å²) in [7, 11) is 0. The molecule has 1 aliphatic heterocycles. The van der Waals surface area contributed by atoms with E-state index in [4.69, 9.17) is 11.6 Å². The SMILES string of the molecule is O=C1[C@H]2CC=C(Cl)C[C@H]2C(=O)N1c1ccc(N=Nc2ccccc2)cc1. The van der Waals surface area contributed by atoms with Crippen molar-refractivity contribution in [2.45, 2.75) is 12.8 Å². The number of rotatable bonds is 3. The molecule has 0 aromatic heterocycles.